The normalized spacial score (nSPS) is 21.2. The molecule has 1 unspecified atom stereocenters. The van der Waals surface area contributed by atoms with Crippen LogP contribution in [-0.4, -0.2) is 56.3 Å². The van der Waals surface area contributed by atoms with E-state index >= 15 is 0 Å². The molecule has 1 aromatic heterocycles. The largest absolute Gasteiger partial charge is 0.306 e. The van der Waals surface area contributed by atoms with E-state index in [4.69, 9.17) is 11.6 Å². The number of likely N-dealkylation sites (tertiary alicyclic amines) is 1. The molecule has 0 radical (unpaired) electrons. The summed E-state index contributed by atoms with van der Waals surface area (Å²) >= 11 is 5.67. The van der Waals surface area contributed by atoms with Crippen LogP contribution in [0.1, 0.15) is 6.42 Å². The predicted molar refractivity (Wildman–Crippen MR) is 74.7 cm³/mol. The van der Waals surface area contributed by atoms with Crippen molar-refractivity contribution in [1.29, 1.82) is 0 Å². The van der Waals surface area contributed by atoms with Crippen molar-refractivity contribution in [2.24, 2.45) is 5.92 Å². The molecule has 1 fully saturated rings. The lowest BCUT2D eigenvalue weighted by Crippen LogP contribution is -2.32. The second kappa shape index (κ2) is 5.75. The number of halogens is 1. The number of nitrogens with zero attached hydrogens (tertiary/aromatic N) is 3. The zero-order valence-corrected chi connectivity index (χ0v) is 12.7. The van der Waals surface area contributed by atoms with Crippen LogP contribution in [0.2, 0.25) is 5.15 Å². The maximum Gasteiger partial charge on any atom is 0.244 e. The standard InChI is InChI=1S/C12H18ClN3O2S/c1-15-6-5-10(8-15)9-16(2)19(17,18)11-3-4-12(13)14-7-11/h3-4,7,10H,5-6,8-9H2,1-2H3. The molecule has 2 rings (SSSR count). The van der Waals surface area contributed by atoms with Crippen LogP contribution < -0.4 is 0 Å². The van der Waals surface area contributed by atoms with Gasteiger partial charge in [-0.15, -0.1) is 0 Å². The topological polar surface area (TPSA) is 53.5 Å². The summed E-state index contributed by atoms with van der Waals surface area (Å²) in [7, 11) is 0.200. The van der Waals surface area contributed by atoms with Gasteiger partial charge in [0.2, 0.25) is 10.0 Å². The summed E-state index contributed by atoms with van der Waals surface area (Å²) in [4.78, 5) is 6.23. The zero-order chi connectivity index (χ0) is 14.0. The van der Waals surface area contributed by atoms with E-state index in [9.17, 15) is 8.42 Å². The average Bonchev–Trinajstić information content (AvgIpc) is 2.75. The molecule has 5 nitrogen and oxygen atoms in total. The summed E-state index contributed by atoms with van der Waals surface area (Å²) in [6.45, 7) is 2.51. The van der Waals surface area contributed by atoms with Crippen LogP contribution in [-0.2, 0) is 10.0 Å². The Morgan fingerprint density at radius 2 is 2.26 bits per heavy atom. The van der Waals surface area contributed by atoms with Crippen LogP contribution in [0.15, 0.2) is 23.2 Å². The fraction of sp³-hybridized carbons (Fsp3) is 0.583. The van der Waals surface area contributed by atoms with Gasteiger partial charge in [-0.3, -0.25) is 0 Å². The van der Waals surface area contributed by atoms with Crippen LogP contribution >= 0.6 is 11.6 Å². The van der Waals surface area contributed by atoms with Gasteiger partial charge in [0.05, 0.1) is 0 Å². The first-order valence-electron chi connectivity index (χ1n) is 6.16. The summed E-state index contributed by atoms with van der Waals surface area (Å²) in [5.41, 5.74) is 0. The minimum absolute atomic E-state index is 0.186. The average molecular weight is 304 g/mol. The van der Waals surface area contributed by atoms with Crippen molar-refractivity contribution >= 4 is 21.6 Å². The number of pyridine rings is 1. The Hall–Kier alpha value is -0.690. The first kappa shape index (κ1) is 14.7. The third kappa shape index (κ3) is 3.45. The predicted octanol–water partition coefficient (Wildman–Crippen LogP) is 1.31. The third-order valence-electron chi connectivity index (χ3n) is 3.41. The molecule has 1 aliphatic heterocycles. The second-order valence-corrected chi connectivity index (χ2v) is 7.45. The number of aromatic nitrogens is 1. The highest BCUT2D eigenvalue weighted by atomic mass is 35.5. The van der Waals surface area contributed by atoms with Gasteiger partial charge in [-0.05, 0) is 38.1 Å². The summed E-state index contributed by atoms with van der Waals surface area (Å²) in [5.74, 6) is 0.394. The molecule has 106 valence electrons. The maximum atomic E-state index is 12.3. The first-order valence-corrected chi connectivity index (χ1v) is 7.98. The Morgan fingerprint density at radius 1 is 1.53 bits per heavy atom. The van der Waals surface area contributed by atoms with Gasteiger partial charge in [-0.2, -0.15) is 0 Å². The zero-order valence-electron chi connectivity index (χ0n) is 11.1. The van der Waals surface area contributed by atoms with E-state index in [0.717, 1.165) is 19.5 Å². The van der Waals surface area contributed by atoms with Gasteiger partial charge in [0.25, 0.3) is 0 Å². The van der Waals surface area contributed by atoms with Crippen molar-refractivity contribution in [1.82, 2.24) is 14.2 Å². The molecular weight excluding hydrogens is 286 g/mol. The minimum Gasteiger partial charge on any atom is -0.306 e. The van der Waals surface area contributed by atoms with Crippen LogP contribution in [0.5, 0.6) is 0 Å². The Kier molecular flexibility index (Phi) is 4.45. The number of hydrogen-bond acceptors (Lipinski definition) is 4. The van der Waals surface area contributed by atoms with Crippen molar-refractivity contribution in [3.63, 3.8) is 0 Å². The van der Waals surface area contributed by atoms with Crippen molar-refractivity contribution in [3.05, 3.63) is 23.5 Å². The first-order chi connectivity index (χ1) is 8.89. The Labute approximate surface area is 119 Å². The summed E-state index contributed by atoms with van der Waals surface area (Å²) in [5, 5.41) is 0.291. The van der Waals surface area contributed by atoms with Crippen LogP contribution in [0, 0.1) is 5.92 Å². The molecule has 1 aliphatic rings. The smallest absolute Gasteiger partial charge is 0.244 e. The molecule has 0 aromatic carbocycles. The third-order valence-corrected chi connectivity index (χ3v) is 5.44. The Balaban J connectivity index is 2.08. The molecule has 19 heavy (non-hydrogen) atoms. The molecule has 1 atom stereocenters. The van der Waals surface area contributed by atoms with Crippen molar-refractivity contribution < 1.29 is 8.42 Å². The maximum absolute atomic E-state index is 12.3. The van der Waals surface area contributed by atoms with Gasteiger partial charge in [-0.25, -0.2) is 17.7 Å². The van der Waals surface area contributed by atoms with E-state index in [-0.39, 0.29) is 4.90 Å². The minimum atomic E-state index is -3.47. The molecule has 0 spiro atoms. The van der Waals surface area contributed by atoms with Gasteiger partial charge in [0, 0.05) is 26.3 Å². The van der Waals surface area contributed by atoms with E-state index in [1.807, 2.05) is 0 Å². The Bertz CT molecular complexity index is 532. The molecule has 7 heteroatoms. The number of rotatable bonds is 4. The lowest BCUT2D eigenvalue weighted by atomic mass is 10.1. The van der Waals surface area contributed by atoms with Crippen molar-refractivity contribution in [3.8, 4) is 0 Å². The molecule has 0 aliphatic carbocycles. The fourth-order valence-corrected chi connectivity index (χ4v) is 3.64. The highest BCUT2D eigenvalue weighted by Gasteiger charge is 2.27. The van der Waals surface area contributed by atoms with E-state index in [1.165, 1.54) is 22.6 Å². The van der Waals surface area contributed by atoms with E-state index in [2.05, 4.69) is 16.9 Å². The molecule has 1 aromatic rings. The monoisotopic (exact) mass is 303 g/mol. The number of sulfonamides is 1. The van der Waals surface area contributed by atoms with Crippen molar-refractivity contribution in [2.75, 3.05) is 33.7 Å². The van der Waals surface area contributed by atoms with Gasteiger partial charge in [0.1, 0.15) is 10.0 Å². The van der Waals surface area contributed by atoms with E-state index in [0.29, 0.717) is 17.6 Å². The van der Waals surface area contributed by atoms with Gasteiger partial charge < -0.3 is 4.90 Å². The van der Waals surface area contributed by atoms with E-state index < -0.39 is 10.0 Å². The molecule has 0 amide bonds. The highest BCUT2D eigenvalue weighted by molar-refractivity contribution is 7.89. The second-order valence-electron chi connectivity index (χ2n) is 5.02. The molecule has 0 saturated carbocycles. The van der Waals surface area contributed by atoms with Crippen LogP contribution in [0.25, 0.3) is 0 Å². The highest BCUT2D eigenvalue weighted by Crippen LogP contribution is 2.20. The molecule has 0 N–H and O–H groups in total. The number of hydrogen-bond donors (Lipinski definition) is 0. The van der Waals surface area contributed by atoms with Crippen LogP contribution in [0.4, 0.5) is 0 Å². The van der Waals surface area contributed by atoms with Crippen molar-refractivity contribution in [2.45, 2.75) is 11.3 Å². The molecule has 2 heterocycles. The summed E-state index contributed by atoms with van der Waals surface area (Å²) in [6, 6.07) is 2.98. The summed E-state index contributed by atoms with van der Waals surface area (Å²) in [6.07, 6.45) is 2.34. The van der Waals surface area contributed by atoms with Crippen LogP contribution in [0.3, 0.4) is 0 Å². The van der Waals surface area contributed by atoms with Gasteiger partial charge in [-0.1, -0.05) is 11.6 Å². The van der Waals surface area contributed by atoms with Gasteiger partial charge in [0.15, 0.2) is 0 Å². The lowest BCUT2D eigenvalue weighted by molar-refractivity contribution is 0.356. The van der Waals surface area contributed by atoms with Gasteiger partial charge >= 0.3 is 0 Å². The Morgan fingerprint density at radius 3 is 2.79 bits per heavy atom. The molecular formula is C12H18ClN3O2S. The molecule has 0 bridgehead atoms. The fourth-order valence-electron chi connectivity index (χ4n) is 2.33. The quantitative estimate of drug-likeness (QED) is 0.787. The molecule has 1 saturated heterocycles. The van der Waals surface area contributed by atoms with E-state index in [1.54, 1.807) is 7.05 Å². The SMILES string of the molecule is CN1CCC(CN(C)S(=O)(=O)c2ccc(Cl)nc2)C1. The summed E-state index contributed by atoms with van der Waals surface area (Å²) < 4.78 is 26.1. The lowest BCUT2D eigenvalue weighted by Gasteiger charge is -2.20.